The quantitative estimate of drug-likeness (QED) is 0.706. The van der Waals surface area contributed by atoms with Crippen LogP contribution in [-0.4, -0.2) is 12.5 Å². The highest BCUT2D eigenvalue weighted by Crippen LogP contribution is 2.27. The second kappa shape index (κ2) is 8.23. The van der Waals surface area contributed by atoms with Gasteiger partial charge < -0.3 is 10.1 Å². The monoisotopic (exact) mass is 351 g/mol. The number of ether oxygens (including phenoxy) is 1. The zero-order valence-corrected chi connectivity index (χ0v) is 14.7. The number of rotatable bonds is 6. The number of hydrogen-bond donors (Lipinski definition) is 1. The highest BCUT2D eigenvalue weighted by Gasteiger charge is 2.05. The normalized spacial score (nSPS) is 10.4. The Morgan fingerprint density at radius 3 is 2.57 bits per heavy atom. The molecule has 2 aromatic rings. The summed E-state index contributed by atoms with van der Waals surface area (Å²) in [5.74, 6) is 0.546. The fourth-order valence-electron chi connectivity index (χ4n) is 2.05. The summed E-state index contributed by atoms with van der Waals surface area (Å²) in [5, 5.41) is 3.92. The van der Waals surface area contributed by atoms with Crippen LogP contribution >= 0.6 is 23.2 Å². The average Bonchev–Trinajstić information content (AvgIpc) is 2.49. The van der Waals surface area contributed by atoms with Crippen LogP contribution in [0.2, 0.25) is 10.0 Å². The fourth-order valence-corrected chi connectivity index (χ4v) is 2.51. The number of benzene rings is 2. The topological polar surface area (TPSA) is 38.3 Å². The van der Waals surface area contributed by atoms with Gasteiger partial charge in [0.05, 0.1) is 11.6 Å². The third-order valence-corrected chi connectivity index (χ3v) is 4.02. The molecule has 0 saturated carbocycles. The van der Waals surface area contributed by atoms with Crippen molar-refractivity contribution in [1.29, 1.82) is 0 Å². The number of amides is 1. The van der Waals surface area contributed by atoms with Crippen LogP contribution in [-0.2, 0) is 4.79 Å². The van der Waals surface area contributed by atoms with Crippen molar-refractivity contribution in [2.45, 2.75) is 26.7 Å². The minimum absolute atomic E-state index is 0.0287. The van der Waals surface area contributed by atoms with E-state index in [2.05, 4.69) is 5.32 Å². The number of aryl methyl sites for hydroxylation is 2. The molecule has 0 aliphatic heterocycles. The first-order chi connectivity index (χ1) is 11.0. The van der Waals surface area contributed by atoms with Gasteiger partial charge in [0.15, 0.2) is 0 Å². The van der Waals surface area contributed by atoms with Crippen molar-refractivity contribution < 1.29 is 9.53 Å². The third kappa shape index (κ3) is 5.45. The van der Waals surface area contributed by atoms with Crippen LogP contribution in [0.15, 0.2) is 36.4 Å². The number of halogens is 2. The fraction of sp³-hybridized carbons (Fsp3) is 0.278. The molecule has 0 heterocycles. The summed E-state index contributed by atoms with van der Waals surface area (Å²) in [6.45, 7) is 4.48. The van der Waals surface area contributed by atoms with Gasteiger partial charge in [0.25, 0.3) is 0 Å². The number of nitrogens with one attached hydrogen (secondary N) is 1. The van der Waals surface area contributed by atoms with Crippen LogP contribution in [0.25, 0.3) is 0 Å². The Labute approximate surface area is 146 Å². The molecule has 5 heteroatoms. The Kier molecular flexibility index (Phi) is 6.31. The van der Waals surface area contributed by atoms with Gasteiger partial charge >= 0.3 is 0 Å². The zero-order valence-electron chi connectivity index (χ0n) is 13.2. The van der Waals surface area contributed by atoms with Crippen molar-refractivity contribution in [3.8, 4) is 5.75 Å². The molecule has 2 rings (SSSR count). The van der Waals surface area contributed by atoms with E-state index in [0.29, 0.717) is 35.2 Å². The minimum atomic E-state index is -0.0287. The highest BCUT2D eigenvalue weighted by molar-refractivity contribution is 6.35. The molecule has 0 aromatic heterocycles. The van der Waals surface area contributed by atoms with Crippen molar-refractivity contribution in [3.05, 3.63) is 57.6 Å². The maximum atomic E-state index is 11.9. The second-order valence-electron chi connectivity index (χ2n) is 5.37. The number of carbonyl (C=O) groups is 1. The van der Waals surface area contributed by atoms with Gasteiger partial charge in [0.1, 0.15) is 5.75 Å². The molecular weight excluding hydrogens is 333 g/mol. The Balaban J connectivity index is 1.75. The van der Waals surface area contributed by atoms with E-state index in [1.54, 1.807) is 18.2 Å². The van der Waals surface area contributed by atoms with Gasteiger partial charge in [-0.15, -0.1) is 0 Å². The van der Waals surface area contributed by atoms with E-state index in [1.165, 1.54) is 5.56 Å². The number of carbonyl (C=O) groups excluding carboxylic acids is 1. The lowest BCUT2D eigenvalue weighted by atomic mass is 10.1. The lowest BCUT2D eigenvalue weighted by Gasteiger charge is -2.09. The number of hydrogen-bond acceptors (Lipinski definition) is 2. The standard InChI is InChI=1S/C18H19Cl2NO2/c1-12-5-7-15(10-13(12)2)21-18(22)4-3-9-23-17-8-6-14(19)11-16(17)20/h5-8,10-11H,3-4,9H2,1-2H3,(H,21,22). The SMILES string of the molecule is Cc1ccc(NC(=O)CCCOc2ccc(Cl)cc2Cl)cc1C. The second-order valence-corrected chi connectivity index (χ2v) is 6.22. The van der Waals surface area contributed by atoms with Gasteiger partial charge in [-0.2, -0.15) is 0 Å². The predicted octanol–water partition coefficient (Wildman–Crippen LogP) is 5.41. The largest absolute Gasteiger partial charge is 0.492 e. The molecule has 0 aliphatic rings. The summed E-state index contributed by atoms with van der Waals surface area (Å²) in [6, 6.07) is 10.9. The Morgan fingerprint density at radius 1 is 1.09 bits per heavy atom. The molecule has 0 fully saturated rings. The summed E-state index contributed by atoms with van der Waals surface area (Å²) in [4.78, 5) is 11.9. The van der Waals surface area contributed by atoms with E-state index >= 15 is 0 Å². The molecule has 0 unspecified atom stereocenters. The third-order valence-electron chi connectivity index (χ3n) is 3.49. The van der Waals surface area contributed by atoms with Crippen molar-refractivity contribution >= 4 is 34.8 Å². The van der Waals surface area contributed by atoms with E-state index < -0.39 is 0 Å². The summed E-state index contributed by atoms with van der Waals surface area (Å²) < 4.78 is 5.56. The van der Waals surface area contributed by atoms with Gasteiger partial charge in [-0.05, 0) is 61.7 Å². The first kappa shape index (κ1) is 17.6. The number of anilines is 1. The van der Waals surface area contributed by atoms with Crippen molar-refractivity contribution in [1.82, 2.24) is 0 Å². The molecule has 122 valence electrons. The van der Waals surface area contributed by atoms with Gasteiger partial charge in [-0.3, -0.25) is 4.79 Å². The van der Waals surface area contributed by atoms with Crippen LogP contribution in [0, 0.1) is 13.8 Å². The molecule has 2 aromatic carbocycles. The van der Waals surface area contributed by atoms with Crippen molar-refractivity contribution in [2.75, 3.05) is 11.9 Å². The maximum absolute atomic E-state index is 11.9. The lowest BCUT2D eigenvalue weighted by Crippen LogP contribution is -2.13. The molecule has 3 nitrogen and oxygen atoms in total. The first-order valence-corrected chi connectivity index (χ1v) is 8.16. The molecule has 0 radical (unpaired) electrons. The van der Waals surface area contributed by atoms with Gasteiger partial charge in [-0.25, -0.2) is 0 Å². The van der Waals surface area contributed by atoms with E-state index in [-0.39, 0.29) is 5.91 Å². The lowest BCUT2D eigenvalue weighted by molar-refractivity contribution is -0.116. The van der Waals surface area contributed by atoms with Gasteiger partial charge in [-0.1, -0.05) is 29.3 Å². The smallest absolute Gasteiger partial charge is 0.224 e. The van der Waals surface area contributed by atoms with Gasteiger partial charge in [0.2, 0.25) is 5.91 Å². The molecule has 0 atom stereocenters. The van der Waals surface area contributed by atoms with E-state index in [4.69, 9.17) is 27.9 Å². The molecule has 1 amide bonds. The Bertz CT molecular complexity index is 701. The van der Waals surface area contributed by atoms with Crippen LogP contribution in [0.1, 0.15) is 24.0 Å². The predicted molar refractivity (Wildman–Crippen MR) is 95.7 cm³/mol. The van der Waals surface area contributed by atoms with Crippen LogP contribution in [0.4, 0.5) is 5.69 Å². The molecular formula is C18H19Cl2NO2. The molecule has 23 heavy (non-hydrogen) atoms. The minimum Gasteiger partial charge on any atom is -0.492 e. The van der Waals surface area contributed by atoms with Crippen LogP contribution in [0.5, 0.6) is 5.75 Å². The Morgan fingerprint density at radius 2 is 1.87 bits per heavy atom. The molecule has 0 saturated heterocycles. The van der Waals surface area contributed by atoms with Crippen molar-refractivity contribution in [2.24, 2.45) is 0 Å². The van der Waals surface area contributed by atoms with Crippen LogP contribution in [0.3, 0.4) is 0 Å². The summed E-state index contributed by atoms with van der Waals surface area (Å²) in [7, 11) is 0. The molecule has 0 bridgehead atoms. The maximum Gasteiger partial charge on any atom is 0.224 e. The van der Waals surface area contributed by atoms with Gasteiger partial charge in [0, 0.05) is 17.1 Å². The highest BCUT2D eigenvalue weighted by atomic mass is 35.5. The zero-order chi connectivity index (χ0) is 16.8. The van der Waals surface area contributed by atoms with Crippen molar-refractivity contribution in [3.63, 3.8) is 0 Å². The first-order valence-electron chi connectivity index (χ1n) is 7.40. The molecule has 0 spiro atoms. The molecule has 0 aliphatic carbocycles. The Hall–Kier alpha value is -1.71. The summed E-state index contributed by atoms with van der Waals surface area (Å²) >= 11 is 11.8. The summed E-state index contributed by atoms with van der Waals surface area (Å²) in [5.41, 5.74) is 3.18. The average molecular weight is 352 g/mol. The van der Waals surface area contributed by atoms with Crippen LogP contribution < -0.4 is 10.1 Å². The molecule has 1 N–H and O–H groups in total. The van der Waals surface area contributed by atoms with E-state index in [9.17, 15) is 4.79 Å². The van der Waals surface area contributed by atoms with E-state index in [0.717, 1.165) is 11.3 Å². The summed E-state index contributed by atoms with van der Waals surface area (Å²) in [6.07, 6.45) is 0.994. The van der Waals surface area contributed by atoms with E-state index in [1.807, 2.05) is 32.0 Å².